The molecule has 1 aromatic rings. The molecule has 0 saturated carbocycles. The van der Waals surface area contributed by atoms with Crippen molar-refractivity contribution in [3.8, 4) is 5.75 Å². The van der Waals surface area contributed by atoms with Gasteiger partial charge in [-0.1, -0.05) is 51.5 Å². The van der Waals surface area contributed by atoms with Crippen LogP contribution in [0.2, 0.25) is 0 Å². The van der Waals surface area contributed by atoms with Gasteiger partial charge in [0.1, 0.15) is 0 Å². The Labute approximate surface area is 139 Å². The summed E-state index contributed by atoms with van der Waals surface area (Å²) >= 11 is 0. The Balaban J connectivity index is 2.64. The molecular formula is C17H26NO4P. The number of benzene rings is 1. The van der Waals surface area contributed by atoms with Gasteiger partial charge in [0.2, 0.25) is 0 Å². The van der Waals surface area contributed by atoms with Crippen molar-refractivity contribution in [2.75, 3.05) is 6.61 Å². The van der Waals surface area contributed by atoms with Crippen molar-refractivity contribution >= 4 is 14.1 Å². The van der Waals surface area contributed by atoms with Gasteiger partial charge >= 0.3 is 14.1 Å². The first-order valence-corrected chi connectivity index (χ1v) is 8.86. The minimum absolute atomic E-state index is 0.0415. The summed E-state index contributed by atoms with van der Waals surface area (Å²) in [4.78, 5) is 23.6. The SMILES string of the molecule is CC(C)COC(=O)[C@H](C)N=[P+]([O-])Oc1ccc(C(C)(C)C)cc1. The van der Waals surface area contributed by atoms with Crippen LogP contribution in [0.25, 0.3) is 0 Å². The number of esters is 1. The molecule has 0 radical (unpaired) electrons. The number of nitrogens with zero attached hydrogens (tertiary/aromatic N) is 1. The number of carbonyl (C=O) groups excluding carboxylic acids is 1. The molecule has 6 heteroatoms. The van der Waals surface area contributed by atoms with Gasteiger partial charge in [0, 0.05) is 0 Å². The highest BCUT2D eigenvalue weighted by Crippen LogP contribution is 2.28. The third-order valence-corrected chi connectivity index (χ3v) is 3.97. The summed E-state index contributed by atoms with van der Waals surface area (Å²) in [6.07, 6.45) is 0. The van der Waals surface area contributed by atoms with E-state index >= 15 is 0 Å². The van der Waals surface area contributed by atoms with E-state index in [1.807, 2.05) is 26.0 Å². The maximum absolute atomic E-state index is 11.9. The Morgan fingerprint density at radius 1 is 1.22 bits per heavy atom. The standard InChI is InChI=1S/C17H26NO4P/c1-12(2)11-21-16(19)13(3)18-23(20)22-15-9-7-14(8-10-15)17(4,5)6/h7-10,12-13H,11H2,1-6H3/t13-/m0/s1. The minimum atomic E-state index is -2.32. The predicted octanol–water partition coefficient (Wildman–Crippen LogP) is 3.81. The summed E-state index contributed by atoms with van der Waals surface area (Å²) in [5.74, 6) is 0.219. The third-order valence-electron chi connectivity index (χ3n) is 3.07. The zero-order valence-electron chi connectivity index (χ0n) is 14.7. The first-order valence-electron chi connectivity index (χ1n) is 7.72. The largest absolute Gasteiger partial charge is 0.575 e. The van der Waals surface area contributed by atoms with E-state index in [1.54, 1.807) is 19.1 Å². The van der Waals surface area contributed by atoms with Crippen LogP contribution < -0.4 is 9.42 Å². The molecule has 0 aliphatic heterocycles. The van der Waals surface area contributed by atoms with Crippen LogP contribution in [0.5, 0.6) is 5.75 Å². The smallest absolute Gasteiger partial charge is 0.395 e. The summed E-state index contributed by atoms with van der Waals surface area (Å²) in [6, 6.07) is 6.56. The Morgan fingerprint density at radius 3 is 2.26 bits per heavy atom. The van der Waals surface area contributed by atoms with Crippen LogP contribution in [0, 0.1) is 5.92 Å². The zero-order valence-corrected chi connectivity index (χ0v) is 15.6. The summed E-state index contributed by atoms with van der Waals surface area (Å²) in [6.45, 7) is 12.1. The second-order valence-electron chi connectivity index (χ2n) is 6.92. The average Bonchev–Trinajstić information content (AvgIpc) is 2.44. The highest BCUT2D eigenvalue weighted by atomic mass is 31.1. The molecule has 1 aromatic carbocycles. The highest BCUT2D eigenvalue weighted by molar-refractivity contribution is 7.34. The van der Waals surface area contributed by atoms with Crippen molar-refractivity contribution in [2.45, 2.75) is 53.0 Å². The molecule has 0 heterocycles. The normalized spacial score (nSPS) is 13.8. The van der Waals surface area contributed by atoms with Crippen LogP contribution in [0.3, 0.4) is 0 Å². The number of ether oxygens (including phenoxy) is 1. The second kappa shape index (κ2) is 8.42. The van der Waals surface area contributed by atoms with Gasteiger partial charge in [-0.25, -0.2) is 4.79 Å². The molecule has 0 spiro atoms. The van der Waals surface area contributed by atoms with Crippen LogP contribution in [0.4, 0.5) is 0 Å². The predicted molar refractivity (Wildman–Crippen MR) is 90.4 cm³/mol. The van der Waals surface area contributed by atoms with E-state index in [0.717, 1.165) is 5.56 Å². The molecule has 0 amide bonds. The molecule has 23 heavy (non-hydrogen) atoms. The van der Waals surface area contributed by atoms with Gasteiger partial charge in [-0.3, -0.25) is 4.52 Å². The van der Waals surface area contributed by atoms with E-state index in [4.69, 9.17) is 9.26 Å². The number of hydrogen-bond donors (Lipinski definition) is 0. The van der Waals surface area contributed by atoms with Gasteiger partial charge in [0.05, 0.1) is 6.61 Å². The zero-order chi connectivity index (χ0) is 17.6. The molecule has 0 bridgehead atoms. The average molecular weight is 339 g/mol. The van der Waals surface area contributed by atoms with Crippen molar-refractivity contribution in [1.82, 2.24) is 0 Å². The molecule has 0 N–H and O–H groups in total. The summed E-state index contributed by atoms with van der Waals surface area (Å²) < 4.78 is 14.1. The molecule has 128 valence electrons. The van der Waals surface area contributed by atoms with Crippen LogP contribution in [0.15, 0.2) is 29.0 Å². The number of rotatable bonds is 6. The third kappa shape index (κ3) is 7.10. The molecule has 1 rings (SSSR count). The Kier molecular flexibility index (Phi) is 7.17. The van der Waals surface area contributed by atoms with Crippen LogP contribution >= 0.6 is 8.17 Å². The first-order chi connectivity index (χ1) is 10.6. The fourth-order valence-corrected chi connectivity index (χ4v) is 2.41. The molecule has 1 unspecified atom stereocenters. The Morgan fingerprint density at radius 2 is 1.78 bits per heavy atom. The Bertz CT molecular complexity index is 547. The molecule has 0 aromatic heterocycles. The molecular weight excluding hydrogens is 313 g/mol. The molecule has 0 aliphatic carbocycles. The van der Waals surface area contributed by atoms with Crippen LogP contribution in [-0.2, 0) is 14.9 Å². The van der Waals surface area contributed by atoms with Gasteiger partial charge < -0.3 is 9.63 Å². The van der Waals surface area contributed by atoms with E-state index in [9.17, 15) is 9.69 Å². The van der Waals surface area contributed by atoms with E-state index in [0.29, 0.717) is 12.4 Å². The van der Waals surface area contributed by atoms with Crippen molar-refractivity contribution in [3.63, 3.8) is 0 Å². The lowest BCUT2D eigenvalue weighted by Crippen LogP contribution is -2.20. The Hall–Kier alpha value is -1.45. The fourth-order valence-electron chi connectivity index (χ4n) is 1.69. The van der Waals surface area contributed by atoms with Gasteiger partial charge in [-0.15, -0.1) is 0 Å². The van der Waals surface area contributed by atoms with Gasteiger partial charge in [-0.2, -0.15) is 0 Å². The lowest BCUT2D eigenvalue weighted by atomic mass is 9.87. The lowest BCUT2D eigenvalue weighted by Gasteiger charge is -2.18. The quantitative estimate of drug-likeness (QED) is 0.584. The first kappa shape index (κ1) is 19.6. The van der Waals surface area contributed by atoms with Crippen LogP contribution in [0.1, 0.15) is 47.1 Å². The van der Waals surface area contributed by atoms with Gasteiger partial charge in [-0.05, 0) is 36.0 Å². The summed E-state index contributed by atoms with van der Waals surface area (Å²) in [7, 11) is -2.32. The van der Waals surface area contributed by atoms with Crippen LogP contribution in [-0.4, -0.2) is 18.6 Å². The van der Waals surface area contributed by atoms with Crippen molar-refractivity contribution in [1.29, 1.82) is 0 Å². The van der Waals surface area contributed by atoms with Crippen molar-refractivity contribution < 1.29 is 18.9 Å². The fraction of sp³-hybridized carbons (Fsp3) is 0.588. The van der Waals surface area contributed by atoms with E-state index in [-0.39, 0.29) is 11.3 Å². The van der Waals surface area contributed by atoms with Gasteiger partial charge in [0.15, 0.2) is 11.8 Å². The molecule has 0 aliphatic rings. The highest BCUT2D eigenvalue weighted by Gasteiger charge is 2.19. The lowest BCUT2D eigenvalue weighted by molar-refractivity contribution is -0.169. The molecule has 5 nitrogen and oxygen atoms in total. The summed E-state index contributed by atoms with van der Waals surface area (Å²) in [5.41, 5.74) is 1.20. The maximum Gasteiger partial charge on any atom is 0.395 e. The van der Waals surface area contributed by atoms with Crippen molar-refractivity contribution in [3.05, 3.63) is 29.8 Å². The van der Waals surface area contributed by atoms with E-state index in [2.05, 4.69) is 25.5 Å². The minimum Gasteiger partial charge on any atom is -0.575 e. The van der Waals surface area contributed by atoms with E-state index < -0.39 is 20.2 Å². The molecule has 0 saturated heterocycles. The molecule has 0 fully saturated rings. The van der Waals surface area contributed by atoms with Crippen molar-refractivity contribution in [2.24, 2.45) is 10.7 Å². The maximum atomic E-state index is 11.9. The number of carbonyl (C=O) groups is 1. The monoisotopic (exact) mass is 339 g/mol. The molecule has 2 atom stereocenters. The topological polar surface area (TPSA) is 71.0 Å². The second-order valence-corrected chi connectivity index (χ2v) is 7.81. The summed E-state index contributed by atoms with van der Waals surface area (Å²) in [5, 5.41) is 0. The van der Waals surface area contributed by atoms with Gasteiger partial charge in [0.25, 0.3) is 0 Å². The van der Waals surface area contributed by atoms with E-state index in [1.165, 1.54) is 0 Å². The number of hydrogen-bond acceptors (Lipinski definition) is 5.